The second kappa shape index (κ2) is 5.29. The highest BCUT2D eigenvalue weighted by Gasteiger charge is 2.44. The molecule has 1 fully saturated rings. The van der Waals surface area contributed by atoms with Crippen molar-refractivity contribution in [1.82, 2.24) is 14.8 Å². The van der Waals surface area contributed by atoms with Gasteiger partial charge in [0, 0.05) is 16.9 Å². The normalized spacial score (nSPS) is 21.4. The Bertz CT molecular complexity index is 978. The Hall–Kier alpha value is -2.43. The summed E-state index contributed by atoms with van der Waals surface area (Å²) >= 11 is 0. The van der Waals surface area contributed by atoms with Gasteiger partial charge in [-0.3, -0.25) is 0 Å². The van der Waals surface area contributed by atoms with Crippen LogP contribution in [0.3, 0.4) is 0 Å². The smallest absolute Gasteiger partial charge is 0.247 e. The molecular formula is C21H22FN3O. The Morgan fingerprint density at radius 2 is 1.85 bits per heavy atom. The van der Waals surface area contributed by atoms with Crippen molar-refractivity contribution in [2.24, 2.45) is 0 Å². The van der Waals surface area contributed by atoms with Gasteiger partial charge >= 0.3 is 0 Å². The molecule has 0 aliphatic heterocycles. The van der Waals surface area contributed by atoms with Crippen molar-refractivity contribution >= 4 is 0 Å². The maximum atomic E-state index is 13.4. The van der Waals surface area contributed by atoms with Crippen molar-refractivity contribution in [2.45, 2.75) is 57.3 Å². The Labute approximate surface area is 152 Å². The van der Waals surface area contributed by atoms with Crippen LogP contribution >= 0.6 is 0 Å². The molecule has 1 saturated carbocycles. The van der Waals surface area contributed by atoms with Crippen LogP contribution in [0.4, 0.5) is 4.39 Å². The third-order valence-electron chi connectivity index (χ3n) is 5.71. The second-order valence-corrected chi connectivity index (χ2v) is 8.52. The molecule has 5 heteroatoms. The summed E-state index contributed by atoms with van der Waals surface area (Å²) in [4.78, 5) is 4.53. The van der Waals surface area contributed by atoms with Gasteiger partial charge in [0.25, 0.3) is 0 Å². The predicted octanol–water partition coefficient (Wildman–Crippen LogP) is 5.33. The van der Waals surface area contributed by atoms with Crippen LogP contribution in [0.2, 0.25) is 0 Å². The van der Waals surface area contributed by atoms with Crippen LogP contribution < -0.4 is 0 Å². The molecule has 0 spiro atoms. The molecule has 2 aliphatic rings. The van der Waals surface area contributed by atoms with Gasteiger partial charge in [-0.05, 0) is 49.4 Å². The van der Waals surface area contributed by atoms with Crippen LogP contribution in [0.1, 0.15) is 68.9 Å². The van der Waals surface area contributed by atoms with E-state index in [1.54, 1.807) is 12.1 Å². The van der Waals surface area contributed by atoms with E-state index < -0.39 is 0 Å². The lowest BCUT2D eigenvalue weighted by molar-refractivity contribution is 0.414. The molecule has 0 radical (unpaired) electrons. The van der Waals surface area contributed by atoms with E-state index in [0.29, 0.717) is 17.7 Å². The van der Waals surface area contributed by atoms with E-state index in [-0.39, 0.29) is 11.2 Å². The number of rotatable bonds is 2. The summed E-state index contributed by atoms with van der Waals surface area (Å²) in [6, 6.07) is 6.54. The van der Waals surface area contributed by atoms with Crippen LogP contribution in [0.25, 0.3) is 17.3 Å². The molecule has 2 aliphatic carbocycles. The molecule has 5 rings (SSSR count). The second-order valence-electron chi connectivity index (χ2n) is 8.52. The van der Waals surface area contributed by atoms with E-state index in [0.717, 1.165) is 17.1 Å². The Kier molecular flexibility index (Phi) is 3.21. The van der Waals surface area contributed by atoms with Crippen molar-refractivity contribution in [1.29, 1.82) is 0 Å². The highest BCUT2D eigenvalue weighted by molar-refractivity contribution is 5.61. The summed E-state index contributed by atoms with van der Waals surface area (Å²) in [6.07, 6.45) is 5.38. The fourth-order valence-electron chi connectivity index (χ4n) is 4.40. The summed E-state index contributed by atoms with van der Waals surface area (Å²) < 4.78 is 21.4. The van der Waals surface area contributed by atoms with Gasteiger partial charge < -0.3 is 4.42 Å². The van der Waals surface area contributed by atoms with E-state index in [1.165, 1.54) is 42.7 Å². The van der Waals surface area contributed by atoms with Crippen LogP contribution in [-0.4, -0.2) is 14.8 Å². The first kappa shape index (κ1) is 15.8. The van der Waals surface area contributed by atoms with Gasteiger partial charge in [-0.15, -0.1) is 0 Å². The number of nitrogens with zero attached hydrogens (tertiary/aromatic N) is 3. The maximum Gasteiger partial charge on any atom is 0.247 e. The van der Waals surface area contributed by atoms with Crippen LogP contribution in [0.15, 0.2) is 34.9 Å². The topological polar surface area (TPSA) is 43.9 Å². The molecule has 2 atom stereocenters. The Morgan fingerprint density at radius 1 is 1.12 bits per heavy atom. The van der Waals surface area contributed by atoms with E-state index in [9.17, 15) is 4.39 Å². The van der Waals surface area contributed by atoms with Crippen molar-refractivity contribution in [3.63, 3.8) is 0 Å². The van der Waals surface area contributed by atoms with E-state index in [4.69, 9.17) is 9.52 Å². The quantitative estimate of drug-likeness (QED) is 0.627. The van der Waals surface area contributed by atoms with Gasteiger partial charge in [-0.2, -0.15) is 5.10 Å². The molecule has 0 N–H and O–H groups in total. The van der Waals surface area contributed by atoms with Crippen molar-refractivity contribution < 1.29 is 8.81 Å². The molecule has 134 valence electrons. The number of hydrogen-bond donors (Lipinski definition) is 0. The lowest BCUT2D eigenvalue weighted by Crippen LogP contribution is -2.09. The first-order valence-electron chi connectivity index (χ1n) is 9.27. The average molecular weight is 351 g/mol. The molecule has 2 heterocycles. The number of oxazole rings is 1. The van der Waals surface area contributed by atoms with E-state index >= 15 is 0 Å². The van der Waals surface area contributed by atoms with Gasteiger partial charge in [0.15, 0.2) is 5.69 Å². The fraction of sp³-hybridized carbons (Fsp3) is 0.429. The summed E-state index contributed by atoms with van der Waals surface area (Å²) in [5, 5.41) is 4.88. The highest BCUT2D eigenvalue weighted by Crippen LogP contribution is 2.56. The third kappa shape index (κ3) is 2.26. The van der Waals surface area contributed by atoms with Gasteiger partial charge in [0.1, 0.15) is 11.6 Å². The molecule has 1 aromatic carbocycles. The van der Waals surface area contributed by atoms with Crippen LogP contribution in [0.5, 0.6) is 0 Å². The first-order valence-corrected chi connectivity index (χ1v) is 9.27. The zero-order valence-corrected chi connectivity index (χ0v) is 15.3. The zero-order chi connectivity index (χ0) is 18.1. The minimum absolute atomic E-state index is 0.0903. The number of halogens is 1. The minimum atomic E-state index is -0.234. The average Bonchev–Trinajstić information content (AvgIpc) is 3.35. The van der Waals surface area contributed by atoms with Gasteiger partial charge in [-0.1, -0.05) is 20.8 Å². The van der Waals surface area contributed by atoms with Gasteiger partial charge in [-0.25, -0.2) is 14.1 Å². The number of aromatic nitrogens is 3. The van der Waals surface area contributed by atoms with E-state index in [2.05, 4.69) is 25.8 Å². The molecule has 2 bridgehead atoms. The molecule has 0 amide bonds. The standard InChI is InChI=1S/C21H22FN3O/c1-21(2,3)16-11-23-20(26-16)18-17-12-4-5-13(10-12)19(17)25(24-18)15-8-6-14(22)7-9-15/h6-9,11-13H,4-5,10H2,1-3H3. The SMILES string of the molecule is CC(C)(C)c1cnc(-c2nn(-c3ccc(F)cc3)c3c2C2CCC3C2)o1. The highest BCUT2D eigenvalue weighted by atomic mass is 19.1. The summed E-state index contributed by atoms with van der Waals surface area (Å²) in [7, 11) is 0. The summed E-state index contributed by atoms with van der Waals surface area (Å²) in [5.74, 6) is 2.28. The summed E-state index contributed by atoms with van der Waals surface area (Å²) in [5.41, 5.74) is 4.20. The van der Waals surface area contributed by atoms with Crippen molar-refractivity contribution in [2.75, 3.05) is 0 Å². The van der Waals surface area contributed by atoms with Gasteiger partial charge in [0.2, 0.25) is 5.89 Å². The third-order valence-corrected chi connectivity index (χ3v) is 5.71. The number of hydrogen-bond acceptors (Lipinski definition) is 3. The molecule has 26 heavy (non-hydrogen) atoms. The van der Waals surface area contributed by atoms with Gasteiger partial charge in [0.05, 0.1) is 17.6 Å². The molecule has 2 unspecified atom stereocenters. The summed E-state index contributed by atoms with van der Waals surface area (Å²) in [6.45, 7) is 6.34. The number of fused-ring (bicyclic) bond motifs is 5. The Balaban J connectivity index is 1.68. The number of benzene rings is 1. The van der Waals surface area contributed by atoms with Crippen LogP contribution in [0, 0.1) is 5.82 Å². The molecular weight excluding hydrogens is 329 g/mol. The largest absolute Gasteiger partial charge is 0.439 e. The lowest BCUT2D eigenvalue weighted by Gasteiger charge is -2.14. The Morgan fingerprint density at radius 3 is 2.54 bits per heavy atom. The monoisotopic (exact) mass is 351 g/mol. The van der Waals surface area contributed by atoms with E-state index in [1.807, 2.05) is 10.9 Å². The van der Waals surface area contributed by atoms with Crippen LogP contribution in [-0.2, 0) is 5.41 Å². The molecule has 2 aromatic heterocycles. The lowest BCUT2D eigenvalue weighted by atomic mass is 9.94. The first-order chi connectivity index (χ1) is 12.4. The minimum Gasteiger partial charge on any atom is -0.439 e. The molecule has 4 nitrogen and oxygen atoms in total. The fourth-order valence-corrected chi connectivity index (χ4v) is 4.40. The van der Waals surface area contributed by atoms with Crippen molar-refractivity contribution in [3.8, 4) is 17.3 Å². The zero-order valence-electron chi connectivity index (χ0n) is 15.3. The maximum absolute atomic E-state index is 13.4. The van der Waals surface area contributed by atoms with Crippen molar-refractivity contribution in [3.05, 3.63) is 53.3 Å². The predicted molar refractivity (Wildman–Crippen MR) is 97.1 cm³/mol. The molecule has 0 saturated heterocycles. The molecule has 3 aromatic rings.